The second kappa shape index (κ2) is 7.79. The zero-order chi connectivity index (χ0) is 19.5. The number of anilines is 3. The van der Waals surface area contributed by atoms with Gasteiger partial charge in [0.2, 0.25) is 11.9 Å². The maximum atomic E-state index is 11.2. The molecule has 0 unspecified atom stereocenters. The van der Waals surface area contributed by atoms with Gasteiger partial charge in [-0.05, 0) is 24.3 Å². The summed E-state index contributed by atoms with van der Waals surface area (Å²) in [6, 6.07) is 6.88. The summed E-state index contributed by atoms with van der Waals surface area (Å²) < 4.78 is 0. The molecule has 1 aliphatic heterocycles. The van der Waals surface area contributed by atoms with Crippen LogP contribution in [0, 0.1) is 0 Å². The van der Waals surface area contributed by atoms with Crippen LogP contribution in [0.2, 0.25) is 0 Å². The molecule has 1 aliphatic rings. The van der Waals surface area contributed by atoms with Gasteiger partial charge in [0.05, 0.1) is 12.9 Å². The number of benzene rings is 1. The van der Waals surface area contributed by atoms with Gasteiger partial charge in [0.1, 0.15) is 5.52 Å². The second-order valence-electron chi connectivity index (χ2n) is 6.59. The van der Waals surface area contributed by atoms with E-state index in [4.69, 9.17) is 15.8 Å². The Balaban J connectivity index is 1.58. The molecular weight excluding hydrogens is 360 g/mol. The SMILES string of the molecule is NC(=O)c1ccc(Nc2nc(N3CCN(CCO)CC3)nc3nc[nH]c23)cc1. The molecule has 0 bridgehead atoms. The fraction of sp³-hybridized carbons (Fsp3) is 0.333. The van der Waals surface area contributed by atoms with Gasteiger partial charge in [0.25, 0.3) is 0 Å². The molecule has 1 fully saturated rings. The number of imidazole rings is 1. The quantitative estimate of drug-likeness (QED) is 0.478. The summed E-state index contributed by atoms with van der Waals surface area (Å²) in [5.41, 5.74) is 7.81. The number of aromatic nitrogens is 4. The van der Waals surface area contributed by atoms with Crippen molar-refractivity contribution >= 4 is 34.5 Å². The van der Waals surface area contributed by atoms with E-state index in [0.29, 0.717) is 35.0 Å². The Labute approximate surface area is 161 Å². The Kier molecular flexibility index (Phi) is 5.04. The molecule has 10 nitrogen and oxygen atoms in total. The van der Waals surface area contributed by atoms with Crippen LogP contribution >= 0.6 is 0 Å². The van der Waals surface area contributed by atoms with Crippen LogP contribution in [0.5, 0.6) is 0 Å². The van der Waals surface area contributed by atoms with Gasteiger partial charge in [0, 0.05) is 44.0 Å². The third-order valence-corrected chi connectivity index (χ3v) is 4.78. The first kappa shape index (κ1) is 18.1. The van der Waals surface area contributed by atoms with E-state index >= 15 is 0 Å². The molecule has 0 spiro atoms. The van der Waals surface area contributed by atoms with E-state index in [1.807, 2.05) is 0 Å². The predicted octanol–water partition coefficient (Wildman–Crippen LogP) is 0.310. The van der Waals surface area contributed by atoms with Crippen molar-refractivity contribution in [2.24, 2.45) is 5.73 Å². The molecule has 0 radical (unpaired) electrons. The Morgan fingerprint density at radius 1 is 1.18 bits per heavy atom. The van der Waals surface area contributed by atoms with E-state index in [-0.39, 0.29) is 6.61 Å². The highest BCUT2D eigenvalue weighted by Crippen LogP contribution is 2.25. The Hall–Kier alpha value is -3.24. The lowest BCUT2D eigenvalue weighted by molar-refractivity contribution is 0.100. The number of aliphatic hydroxyl groups excluding tert-OH is 1. The highest BCUT2D eigenvalue weighted by atomic mass is 16.3. The summed E-state index contributed by atoms with van der Waals surface area (Å²) in [5, 5.41) is 12.4. The molecule has 1 saturated heterocycles. The van der Waals surface area contributed by atoms with E-state index < -0.39 is 5.91 Å². The van der Waals surface area contributed by atoms with Crippen molar-refractivity contribution in [2.75, 3.05) is 49.5 Å². The number of primary amides is 1. The maximum absolute atomic E-state index is 11.2. The topological polar surface area (TPSA) is 136 Å². The van der Waals surface area contributed by atoms with Crippen LogP contribution in [-0.2, 0) is 0 Å². The van der Waals surface area contributed by atoms with Gasteiger partial charge in [-0.15, -0.1) is 0 Å². The largest absolute Gasteiger partial charge is 0.395 e. The predicted molar refractivity (Wildman–Crippen MR) is 106 cm³/mol. The number of nitrogens with zero attached hydrogens (tertiary/aromatic N) is 5. The molecule has 5 N–H and O–H groups in total. The first-order chi connectivity index (χ1) is 13.6. The molecule has 28 heavy (non-hydrogen) atoms. The molecule has 3 heterocycles. The minimum atomic E-state index is -0.466. The molecule has 3 aromatic rings. The number of hydrogen-bond acceptors (Lipinski definition) is 8. The lowest BCUT2D eigenvalue weighted by atomic mass is 10.2. The number of aliphatic hydroxyl groups is 1. The Morgan fingerprint density at radius 3 is 2.61 bits per heavy atom. The van der Waals surface area contributed by atoms with E-state index in [1.165, 1.54) is 0 Å². The lowest BCUT2D eigenvalue weighted by Gasteiger charge is -2.34. The van der Waals surface area contributed by atoms with Crippen LogP contribution in [0.3, 0.4) is 0 Å². The van der Waals surface area contributed by atoms with Gasteiger partial charge in [-0.3, -0.25) is 9.69 Å². The zero-order valence-electron chi connectivity index (χ0n) is 15.3. The van der Waals surface area contributed by atoms with Crippen molar-refractivity contribution < 1.29 is 9.90 Å². The fourth-order valence-corrected chi connectivity index (χ4v) is 3.22. The number of H-pyrrole nitrogens is 1. The van der Waals surface area contributed by atoms with Gasteiger partial charge in [0.15, 0.2) is 11.5 Å². The smallest absolute Gasteiger partial charge is 0.248 e. The number of nitrogens with two attached hydrogens (primary N) is 1. The van der Waals surface area contributed by atoms with Crippen molar-refractivity contribution in [3.63, 3.8) is 0 Å². The third-order valence-electron chi connectivity index (χ3n) is 4.78. The molecule has 146 valence electrons. The molecule has 0 saturated carbocycles. The molecule has 2 aromatic heterocycles. The van der Waals surface area contributed by atoms with Crippen molar-refractivity contribution in [1.82, 2.24) is 24.8 Å². The van der Waals surface area contributed by atoms with Crippen molar-refractivity contribution in [3.8, 4) is 0 Å². The molecule has 1 aromatic carbocycles. The highest BCUT2D eigenvalue weighted by molar-refractivity contribution is 5.93. The van der Waals surface area contributed by atoms with Gasteiger partial charge < -0.3 is 26.0 Å². The summed E-state index contributed by atoms with van der Waals surface area (Å²) in [4.78, 5) is 32.2. The second-order valence-corrected chi connectivity index (χ2v) is 6.59. The van der Waals surface area contributed by atoms with Crippen LogP contribution in [0.1, 0.15) is 10.4 Å². The minimum absolute atomic E-state index is 0.165. The normalized spacial score (nSPS) is 15.1. The molecular formula is C18H22N8O2. The Bertz CT molecular complexity index is 963. The number of β-amino-alcohol motifs (C(OH)–C–C–N with tert-alkyl or cyclic N) is 1. The average Bonchev–Trinajstić information content (AvgIpc) is 3.18. The van der Waals surface area contributed by atoms with Crippen LogP contribution in [0.4, 0.5) is 17.5 Å². The van der Waals surface area contributed by atoms with Gasteiger partial charge in [-0.2, -0.15) is 9.97 Å². The number of nitrogens with one attached hydrogen (secondary N) is 2. The van der Waals surface area contributed by atoms with Gasteiger partial charge in [-0.25, -0.2) is 4.98 Å². The maximum Gasteiger partial charge on any atom is 0.248 e. The summed E-state index contributed by atoms with van der Waals surface area (Å²) in [5.74, 6) is 0.758. The zero-order valence-corrected chi connectivity index (χ0v) is 15.3. The number of carbonyl (C=O) groups is 1. The molecule has 10 heteroatoms. The summed E-state index contributed by atoms with van der Waals surface area (Å²) in [7, 11) is 0. The Morgan fingerprint density at radius 2 is 1.93 bits per heavy atom. The minimum Gasteiger partial charge on any atom is -0.395 e. The van der Waals surface area contributed by atoms with Crippen molar-refractivity contribution in [1.29, 1.82) is 0 Å². The van der Waals surface area contributed by atoms with Crippen LogP contribution in [-0.4, -0.2) is 75.2 Å². The first-order valence-electron chi connectivity index (χ1n) is 9.10. The van der Waals surface area contributed by atoms with E-state index in [9.17, 15) is 4.79 Å². The number of piperazine rings is 1. The van der Waals surface area contributed by atoms with Gasteiger partial charge >= 0.3 is 0 Å². The fourth-order valence-electron chi connectivity index (χ4n) is 3.22. The molecule has 0 atom stereocenters. The van der Waals surface area contributed by atoms with Crippen LogP contribution < -0.4 is 16.0 Å². The molecule has 4 rings (SSSR count). The van der Waals surface area contributed by atoms with Crippen LogP contribution in [0.15, 0.2) is 30.6 Å². The van der Waals surface area contributed by atoms with Crippen molar-refractivity contribution in [3.05, 3.63) is 36.2 Å². The highest BCUT2D eigenvalue weighted by Gasteiger charge is 2.21. The number of fused-ring (bicyclic) bond motifs is 1. The van der Waals surface area contributed by atoms with Gasteiger partial charge in [-0.1, -0.05) is 0 Å². The number of amides is 1. The third kappa shape index (κ3) is 3.73. The average molecular weight is 382 g/mol. The molecule has 0 aliphatic carbocycles. The lowest BCUT2D eigenvalue weighted by Crippen LogP contribution is -2.47. The summed E-state index contributed by atoms with van der Waals surface area (Å²) >= 11 is 0. The summed E-state index contributed by atoms with van der Waals surface area (Å²) in [6.45, 7) is 4.10. The number of aromatic amines is 1. The van der Waals surface area contributed by atoms with E-state index in [1.54, 1.807) is 30.6 Å². The molecule has 1 amide bonds. The van der Waals surface area contributed by atoms with E-state index in [0.717, 1.165) is 31.9 Å². The van der Waals surface area contributed by atoms with Crippen molar-refractivity contribution in [2.45, 2.75) is 0 Å². The number of carbonyl (C=O) groups excluding carboxylic acids is 1. The summed E-state index contributed by atoms with van der Waals surface area (Å²) in [6.07, 6.45) is 1.59. The van der Waals surface area contributed by atoms with Crippen LogP contribution in [0.25, 0.3) is 11.2 Å². The van der Waals surface area contributed by atoms with E-state index in [2.05, 4.69) is 30.1 Å². The first-order valence-corrected chi connectivity index (χ1v) is 9.10. The number of hydrogen-bond donors (Lipinski definition) is 4. The standard InChI is InChI=1S/C18H22N8O2/c19-15(28)12-1-3-13(4-2-12)22-17-14-16(21-11-20-14)23-18(24-17)26-7-5-25(6-8-26)9-10-27/h1-4,11,27H,5-10H2,(H2,19,28)(H2,20,21,22,23,24). The number of rotatable bonds is 6. The monoisotopic (exact) mass is 382 g/mol.